The lowest BCUT2D eigenvalue weighted by atomic mass is 10.3. The Morgan fingerprint density at radius 1 is 1.25 bits per heavy atom. The third-order valence-electron chi connectivity index (χ3n) is 2.47. The van der Waals surface area contributed by atoms with E-state index in [4.69, 9.17) is 0 Å². The highest BCUT2D eigenvalue weighted by atomic mass is 32.2. The van der Waals surface area contributed by atoms with Crippen molar-refractivity contribution in [1.29, 1.82) is 0 Å². The molecule has 1 aromatic rings. The van der Waals surface area contributed by atoms with E-state index in [1.165, 1.54) is 0 Å². The van der Waals surface area contributed by atoms with E-state index in [1.807, 2.05) is 0 Å². The molecule has 0 atom stereocenters. The minimum Gasteiger partial charge on any atom is -0.258 e. The van der Waals surface area contributed by atoms with Crippen LogP contribution in [0.15, 0.2) is 29.2 Å². The van der Waals surface area contributed by atoms with Gasteiger partial charge in [0.05, 0.1) is 16.2 Å². The lowest BCUT2D eigenvalue weighted by molar-refractivity contribution is -0.384. The molecule has 1 aromatic carbocycles. The number of non-ortho nitro benzene ring substituents is 1. The number of halogens is 3. The SMILES string of the molecule is CN(CCC(F)(F)F)S(=O)(=O)c1ccc([N+](=O)[O-])cc1. The Bertz CT molecular complexity index is 584. The van der Waals surface area contributed by atoms with Crippen molar-refractivity contribution in [2.75, 3.05) is 13.6 Å². The van der Waals surface area contributed by atoms with E-state index in [-0.39, 0.29) is 10.6 Å². The van der Waals surface area contributed by atoms with Gasteiger partial charge in [-0.1, -0.05) is 0 Å². The molecular weight excluding hydrogens is 301 g/mol. The zero-order valence-corrected chi connectivity index (χ0v) is 11.1. The minimum atomic E-state index is -4.46. The molecule has 0 saturated heterocycles. The number of alkyl halides is 3. The maximum atomic E-state index is 12.1. The molecule has 0 bridgehead atoms. The summed E-state index contributed by atoms with van der Waals surface area (Å²) in [5, 5.41) is 10.4. The van der Waals surface area contributed by atoms with E-state index in [0.29, 0.717) is 4.31 Å². The van der Waals surface area contributed by atoms with Gasteiger partial charge in [-0.2, -0.15) is 13.2 Å². The van der Waals surface area contributed by atoms with Crippen LogP contribution in [0.4, 0.5) is 18.9 Å². The first kappa shape index (κ1) is 16.4. The summed E-state index contributed by atoms with van der Waals surface area (Å²) in [6.07, 6.45) is -5.73. The summed E-state index contributed by atoms with van der Waals surface area (Å²) in [5.41, 5.74) is -0.304. The Morgan fingerprint density at radius 2 is 1.75 bits per heavy atom. The Labute approximate surface area is 113 Å². The van der Waals surface area contributed by atoms with Crippen LogP contribution < -0.4 is 0 Å². The summed E-state index contributed by atoms with van der Waals surface area (Å²) < 4.78 is 60.6. The molecule has 6 nitrogen and oxygen atoms in total. The highest BCUT2D eigenvalue weighted by molar-refractivity contribution is 7.89. The molecule has 0 amide bonds. The van der Waals surface area contributed by atoms with Crippen molar-refractivity contribution in [2.45, 2.75) is 17.5 Å². The topological polar surface area (TPSA) is 80.5 Å². The highest BCUT2D eigenvalue weighted by Crippen LogP contribution is 2.23. The van der Waals surface area contributed by atoms with Gasteiger partial charge in [0.1, 0.15) is 0 Å². The van der Waals surface area contributed by atoms with Crippen LogP contribution in [-0.4, -0.2) is 37.4 Å². The van der Waals surface area contributed by atoms with Crippen molar-refractivity contribution >= 4 is 15.7 Å². The third kappa shape index (κ3) is 4.17. The molecular formula is C10H11F3N2O4S. The molecule has 0 heterocycles. The molecule has 0 unspecified atom stereocenters. The van der Waals surface area contributed by atoms with Crippen LogP contribution in [-0.2, 0) is 10.0 Å². The maximum absolute atomic E-state index is 12.1. The summed E-state index contributed by atoms with van der Waals surface area (Å²) in [7, 11) is -3.08. The first-order valence-corrected chi connectivity index (χ1v) is 6.75. The second kappa shape index (κ2) is 5.75. The van der Waals surface area contributed by atoms with E-state index in [9.17, 15) is 31.7 Å². The molecule has 0 saturated carbocycles. The van der Waals surface area contributed by atoms with Crippen molar-refractivity contribution in [3.63, 3.8) is 0 Å². The lowest BCUT2D eigenvalue weighted by Crippen LogP contribution is -2.30. The normalized spacial score (nSPS) is 12.7. The molecule has 20 heavy (non-hydrogen) atoms. The first-order valence-electron chi connectivity index (χ1n) is 5.31. The first-order chi connectivity index (χ1) is 9.04. The molecule has 0 fully saturated rings. The van der Waals surface area contributed by atoms with Gasteiger partial charge in [-0.25, -0.2) is 12.7 Å². The molecule has 0 aliphatic carbocycles. The quantitative estimate of drug-likeness (QED) is 0.616. The summed E-state index contributed by atoms with van der Waals surface area (Å²) in [6, 6.07) is 3.92. The Kier molecular flexibility index (Phi) is 4.71. The van der Waals surface area contributed by atoms with Gasteiger partial charge in [-0.3, -0.25) is 10.1 Å². The predicted molar refractivity (Wildman–Crippen MR) is 63.6 cm³/mol. The van der Waals surface area contributed by atoms with Gasteiger partial charge in [0.2, 0.25) is 10.0 Å². The highest BCUT2D eigenvalue weighted by Gasteiger charge is 2.30. The molecule has 1 rings (SSSR count). The zero-order valence-electron chi connectivity index (χ0n) is 10.3. The van der Waals surface area contributed by atoms with Crippen LogP contribution in [0.3, 0.4) is 0 Å². The molecule has 112 valence electrons. The van der Waals surface area contributed by atoms with Gasteiger partial charge >= 0.3 is 6.18 Å². The second-order valence-corrected chi connectivity index (χ2v) is 5.99. The summed E-state index contributed by atoms with van der Waals surface area (Å²) in [5.74, 6) is 0. The van der Waals surface area contributed by atoms with Crippen molar-refractivity contribution < 1.29 is 26.5 Å². The van der Waals surface area contributed by atoms with E-state index >= 15 is 0 Å². The molecule has 10 heteroatoms. The number of sulfonamides is 1. The molecule has 0 radical (unpaired) electrons. The van der Waals surface area contributed by atoms with Crippen LogP contribution in [0, 0.1) is 10.1 Å². The zero-order chi connectivity index (χ0) is 15.6. The van der Waals surface area contributed by atoms with Gasteiger partial charge in [0.25, 0.3) is 5.69 Å². The third-order valence-corrected chi connectivity index (χ3v) is 4.34. The largest absolute Gasteiger partial charge is 0.390 e. The van der Waals surface area contributed by atoms with E-state index in [1.54, 1.807) is 0 Å². The number of benzene rings is 1. The van der Waals surface area contributed by atoms with Gasteiger partial charge in [-0.15, -0.1) is 0 Å². The molecule has 0 aliphatic heterocycles. The van der Waals surface area contributed by atoms with Crippen molar-refractivity contribution in [3.8, 4) is 0 Å². The minimum absolute atomic E-state index is 0.298. The average molecular weight is 312 g/mol. The summed E-state index contributed by atoms with van der Waals surface area (Å²) >= 11 is 0. The average Bonchev–Trinajstić information content (AvgIpc) is 2.35. The number of nitrogens with zero attached hydrogens (tertiary/aromatic N) is 2. The van der Waals surface area contributed by atoms with E-state index < -0.39 is 34.1 Å². The summed E-state index contributed by atoms with van der Waals surface area (Å²) in [4.78, 5) is 9.43. The number of nitro groups is 1. The smallest absolute Gasteiger partial charge is 0.258 e. The Balaban J connectivity index is 2.90. The van der Waals surface area contributed by atoms with E-state index in [0.717, 1.165) is 31.3 Å². The lowest BCUT2D eigenvalue weighted by Gasteiger charge is -2.17. The molecule has 0 aromatic heterocycles. The van der Waals surface area contributed by atoms with Crippen LogP contribution in [0.1, 0.15) is 6.42 Å². The standard InChI is InChI=1S/C10H11F3N2O4S/c1-14(7-6-10(11,12)13)20(18,19)9-4-2-8(3-5-9)15(16)17/h2-5H,6-7H2,1H3. The van der Waals surface area contributed by atoms with Crippen molar-refractivity contribution in [3.05, 3.63) is 34.4 Å². The number of hydrogen-bond acceptors (Lipinski definition) is 4. The fourth-order valence-electron chi connectivity index (χ4n) is 1.32. The van der Waals surface area contributed by atoms with Crippen LogP contribution in [0.25, 0.3) is 0 Å². The van der Waals surface area contributed by atoms with Crippen LogP contribution >= 0.6 is 0 Å². The van der Waals surface area contributed by atoms with Crippen LogP contribution in [0.2, 0.25) is 0 Å². The molecule has 0 spiro atoms. The number of hydrogen-bond donors (Lipinski definition) is 0. The van der Waals surface area contributed by atoms with E-state index in [2.05, 4.69) is 0 Å². The summed E-state index contributed by atoms with van der Waals surface area (Å²) in [6.45, 7) is -0.719. The van der Waals surface area contributed by atoms with Crippen molar-refractivity contribution in [2.24, 2.45) is 0 Å². The monoisotopic (exact) mass is 312 g/mol. The molecule has 0 aliphatic rings. The van der Waals surface area contributed by atoms with Gasteiger partial charge in [0, 0.05) is 25.7 Å². The van der Waals surface area contributed by atoms with Gasteiger partial charge < -0.3 is 0 Å². The predicted octanol–water partition coefficient (Wildman–Crippen LogP) is 2.17. The fourth-order valence-corrected chi connectivity index (χ4v) is 2.50. The Hall–Kier alpha value is -1.68. The van der Waals surface area contributed by atoms with Gasteiger partial charge in [-0.05, 0) is 12.1 Å². The van der Waals surface area contributed by atoms with Gasteiger partial charge in [0.15, 0.2) is 0 Å². The van der Waals surface area contributed by atoms with Crippen LogP contribution in [0.5, 0.6) is 0 Å². The molecule has 0 N–H and O–H groups in total. The van der Waals surface area contributed by atoms with Crippen molar-refractivity contribution in [1.82, 2.24) is 4.31 Å². The number of nitro benzene ring substituents is 1. The Morgan fingerprint density at radius 3 is 2.15 bits per heavy atom. The second-order valence-electron chi connectivity index (χ2n) is 3.94. The fraction of sp³-hybridized carbons (Fsp3) is 0.400. The maximum Gasteiger partial charge on any atom is 0.390 e. The number of rotatable bonds is 5.